The Morgan fingerprint density at radius 1 is 1.26 bits per heavy atom. The average Bonchev–Trinajstić information content (AvgIpc) is 2.74. The highest BCUT2D eigenvalue weighted by atomic mass is 16.4. The highest BCUT2D eigenvalue weighted by molar-refractivity contribution is 5.72. The van der Waals surface area contributed by atoms with Gasteiger partial charge in [-0.15, -0.1) is 0 Å². The van der Waals surface area contributed by atoms with Gasteiger partial charge in [0, 0.05) is 26.2 Å². The maximum absolute atomic E-state index is 11.8. The van der Waals surface area contributed by atoms with Crippen LogP contribution in [0.2, 0.25) is 0 Å². The molecule has 0 aliphatic carbocycles. The van der Waals surface area contributed by atoms with Crippen LogP contribution in [0.5, 0.6) is 0 Å². The van der Waals surface area contributed by atoms with Crippen LogP contribution in [-0.4, -0.2) is 29.1 Å². The molecule has 0 amide bonds. The molecule has 0 N–H and O–H groups in total. The summed E-state index contributed by atoms with van der Waals surface area (Å²) in [5, 5.41) is 0. The zero-order valence-electron chi connectivity index (χ0n) is 11.1. The van der Waals surface area contributed by atoms with Gasteiger partial charge in [-0.25, -0.2) is 4.79 Å². The van der Waals surface area contributed by atoms with Crippen molar-refractivity contribution < 1.29 is 4.42 Å². The summed E-state index contributed by atoms with van der Waals surface area (Å²) < 4.78 is 6.96. The van der Waals surface area contributed by atoms with E-state index in [2.05, 4.69) is 17.9 Å². The van der Waals surface area contributed by atoms with Crippen molar-refractivity contribution in [2.45, 2.75) is 19.9 Å². The van der Waals surface area contributed by atoms with Gasteiger partial charge in [0.15, 0.2) is 5.58 Å². The first-order chi connectivity index (χ1) is 9.24. The lowest BCUT2D eigenvalue weighted by atomic mass is 10.1. The fraction of sp³-hybridized carbons (Fsp3) is 0.400. The van der Waals surface area contributed by atoms with Crippen molar-refractivity contribution in [2.24, 2.45) is 0 Å². The van der Waals surface area contributed by atoms with Crippen LogP contribution in [-0.2, 0) is 6.54 Å². The van der Waals surface area contributed by atoms with Gasteiger partial charge in [-0.05, 0) is 25.5 Å². The number of benzene rings is 1. The van der Waals surface area contributed by atoms with Crippen LogP contribution in [0.3, 0.4) is 0 Å². The summed E-state index contributed by atoms with van der Waals surface area (Å²) in [6.07, 6.45) is 3.39. The lowest BCUT2D eigenvalue weighted by molar-refractivity contribution is 0.279. The molecule has 0 bridgehead atoms. The van der Waals surface area contributed by atoms with Gasteiger partial charge in [-0.1, -0.05) is 23.8 Å². The molecule has 0 spiro atoms. The number of oxazole rings is 1. The standard InChI is InChI=1S/C15H18N2O2/c1-12-6-8-16(9-7-12)10-11-17-13-4-2-3-5-14(13)19-15(17)18/h2-6H,7-11H2,1H3. The van der Waals surface area contributed by atoms with Crippen molar-refractivity contribution in [1.82, 2.24) is 9.47 Å². The molecule has 1 aromatic carbocycles. The van der Waals surface area contributed by atoms with Gasteiger partial charge >= 0.3 is 5.76 Å². The molecule has 1 aliphatic heterocycles. The molecule has 3 rings (SSSR count). The third kappa shape index (κ3) is 2.49. The molecular formula is C15H18N2O2. The Balaban J connectivity index is 1.75. The van der Waals surface area contributed by atoms with Crippen molar-refractivity contribution in [2.75, 3.05) is 19.6 Å². The molecule has 1 aromatic heterocycles. The molecule has 19 heavy (non-hydrogen) atoms. The number of para-hydroxylation sites is 2. The molecule has 0 fully saturated rings. The van der Waals surface area contributed by atoms with E-state index in [9.17, 15) is 4.79 Å². The van der Waals surface area contributed by atoms with E-state index >= 15 is 0 Å². The molecule has 0 radical (unpaired) electrons. The number of fused-ring (bicyclic) bond motifs is 1. The summed E-state index contributed by atoms with van der Waals surface area (Å²) in [7, 11) is 0. The molecule has 0 saturated carbocycles. The van der Waals surface area contributed by atoms with E-state index in [4.69, 9.17) is 4.42 Å². The first-order valence-corrected chi connectivity index (χ1v) is 6.70. The predicted octanol–water partition coefficient (Wildman–Crippen LogP) is 2.25. The first-order valence-electron chi connectivity index (χ1n) is 6.70. The zero-order valence-corrected chi connectivity index (χ0v) is 11.1. The van der Waals surface area contributed by atoms with Gasteiger partial charge in [-0.3, -0.25) is 9.47 Å². The number of aromatic nitrogens is 1. The van der Waals surface area contributed by atoms with E-state index in [0.717, 1.165) is 31.6 Å². The van der Waals surface area contributed by atoms with Gasteiger partial charge < -0.3 is 4.42 Å². The lowest BCUT2D eigenvalue weighted by Gasteiger charge is -2.25. The fourth-order valence-electron chi connectivity index (χ4n) is 2.48. The topological polar surface area (TPSA) is 38.4 Å². The van der Waals surface area contributed by atoms with Gasteiger partial charge in [0.05, 0.1) is 5.52 Å². The number of hydrogen-bond donors (Lipinski definition) is 0. The first kappa shape index (κ1) is 12.2. The molecule has 0 unspecified atom stereocenters. The summed E-state index contributed by atoms with van der Waals surface area (Å²) >= 11 is 0. The van der Waals surface area contributed by atoms with Crippen LogP contribution >= 0.6 is 0 Å². The Labute approximate surface area is 111 Å². The van der Waals surface area contributed by atoms with Crippen molar-refractivity contribution in [1.29, 1.82) is 0 Å². The maximum atomic E-state index is 11.8. The number of rotatable bonds is 3. The predicted molar refractivity (Wildman–Crippen MR) is 75.3 cm³/mol. The SMILES string of the molecule is CC1=CCN(CCn2c(=O)oc3ccccc32)CC1. The molecule has 0 atom stereocenters. The Morgan fingerprint density at radius 2 is 2.11 bits per heavy atom. The van der Waals surface area contributed by atoms with Crippen LogP contribution in [0, 0.1) is 0 Å². The number of nitrogens with zero attached hydrogens (tertiary/aromatic N) is 2. The second-order valence-electron chi connectivity index (χ2n) is 5.09. The van der Waals surface area contributed by atoms with Gasteiger partial charge in [-0.2, -0.15) is 0 Å². The molecule has 0 saturated heterocycles. The van der Waals surface area contributed by atoms with E-state index in [1.54, 1.807) is 4.57 Å². The maximum Gasteiger partial charge on any atom is 0.419 e. The molecule has 1 aliphatic rings. The van der Waals surface area contributed by atoms with Crippen LogP contribution in [0.1, 0.15) is 13.3 Å². The summed E-state index contributed by atoms with van der Waals surface area (Å²) in [4.78, 5) is 14.2. The van der Waals surface area contributed by atoms with Crippen molar-refractivity contribution in [3.63, 3.8) is 0 Å². The quantitative estimate of drug-likeness (QED) is 0.793. The summed E-state index contributed by atoms with van der Waals surface area (Å²) in [6, 6.07) is 7.58. The van der Waals surface area contributed by atoms with Gasteiger partial charge in [0.1, 0.15) is 0 Å². The third-order valence-electron chi connectivity index (χ3n) is 3.73. The van der Waals surface area contributed by atoms with E-state index < -0.39 is 0 Å². The summed E-state index contributed by atoms with van der Waals surface area (Å²) in [5.74, 6) is -0.259. The number of hydrogen-bond acceptors (Lipinski definition) is 3. The van der Waals surface area contributed by atoms with E-state index in [1.165, 1.54) is 5.57 Å². The molecule has 4 nitrogen and oxygen atoms in total. The van der Waals surface area contributed by atoms with E-state index in [0.29, 0.717) is 12.1 Å². The molecule has 100 valence electrons. The Morgan fingerprint density at radius 3 is 2.89 bits per heavy atom. The molecule has 2 heterocycles. The zero-order chi connectivity index (χ0) is 13.2. The Hall–Kier alpha value is -1.81. The average molecular weight is 258 g/mol. The molecule has 4 heteroatoms. The minimum atomic E-state index is -0.259. The van der Waals surface area contributed by atoms with Crippen molar-refractivity contribution in [3.05, 3.63) is 46.5 Å². The largest absolute Gasteiger partial charge is 0.419 e. The fourth-order valence-corrected chi connectivity index (χ4v) is 2.48. The third-order valence-corrected chi connectivity index (χ3v) is 3.73. The van der Waals surface area contributed by atoms with Crippen LogP contribution in [0.15, 0.2) is 45.1 Å². The monoisotopic (exact) mass is 258 g/mol. The second kappa shape index (κ2) is 5.05. The normalized spacial score (nSPS) is 16.8. The van der Waals surface area contributed by atoms with Crippen LogP contribution in [0.25, 0.3) is 11.1 Å². The summed E-state index contributed by atoms with van der Waals surface area (Å²) in [5.41, 5.74) is 3.01. The highest BCUT2D eigenvalue weighted by Gasteiger charge is 2.12. The van der Waals surface area contributed by atoms with Crippen molar-refractivity contribution in [3.8, 4) is 0 Å². The minimum absolute atomic E-state index is 0.259. The Bertz CT molecular complexity index is 666. The van der Waals surface area contributed by atoms with Gasteiger partial charge in [0.2, 0.25) is 0 Å². The summed E-state index contributed by atoms with van der Waals surface area (Å²) in [6.45, 7) is 5.80. The van der Waals surface area contributed by atoms with Crippen LogP contribution < -0.4 is 5.76 Å². The minimum Gasteiger partial charge on any atom is -0.408 e. The van der Waals surface area contributed by atoms with Crippen molar-refractivity contribution >= 4 is 11.1 Å². The van der Waals surface area contributed by atoms with Gasteiger partial charge in [0.25, 0.3) is 0 Å². The molecule has 2 aromatic rings. The van der Waals surface area contributed by atoms with E-state index in [-0.39, 0.29) is 5.76 Å². The lowest BCUT2D eigenvalue weighted by Crippen LogP contribution is -2.33. The smallest absolute Gasteiger partial charge is 0.408 e. The molecular weight excluding hydrogens is 240 g/mol. The highest BCUT2D eigenvalue weighted by Crippen LogP contribution is 2.13. The Kier molecular flexibility index (Phi) is 3.25. The van der Waals surface area contributed by atoms with Crippen LogP contribution in [0.4, 0.5) is 0 Å². The second-order valence-corrected chi connectivity index (χ2v) is 5.09. The van der Waals surface area contributed by atoms with E-state index in [1.807, 2.05) is 24.3 Å².